The molecule has 0 amide bonds. The minimum Gasteiger partial charge on any atom is -0.330 e. The molecule has 2 unspecified atom stereocenters. The van der Waals surface area contributed by atoms with E-state index in [4.69, 9.17) is 5.73 Å². The van der Waals surface area contributed by atoms with Gasteiger partial charge in [-0.1, -0.05) is 6.42 Å². The number of nitrogens with two attached hydrogens (primary N) is 1. The van der Waals surface area contributed by atoms with E-state index in [0.29, 0.717) is 6.54 Å². The van der Waals surface area contributed by atoms with Crippen molar-refractivity contribution < 1.29 is 4.39 Å². The van der Waals surface area contributed by atoms with E-state index in [1.54, 1.807) is 0 Å². The summed E-state index contributed by atoms with van der Waals surface area (Å²) >= 11 is 0. The predicted octanol–water partition coefficient (Wildman–Crippen LogP) is 1.47. The van der Waals surface area contributed by atoms with Gasteiger partial charge in [-0.25, -0.2) is 4.39 Å². The fourth-order valence-corrected chi connectivity index (χ4v) is 1.53. The molecule has 2 heteroatoms. The van der Waals surface area contributed by atoms with Gasteiger partial charge >= 0.3 is 0 Å². The van der Waals surface area contributed by atoms with Gasteiger partial charge in [0.15, 0.2) is 0 Å². The largest absolute Gasteiger partial charge is 0.330 e. The highest BCUT2D eigenvalue weighted by Gasteiger charge is 2.25. The van der Waals surface area contributed by atoms with Gasteiger partial charge in [0.05, 0.1) is 0 Å². The monoisotopic (exact) mass is 131 g/mol. The lowest BCUT2D eigenvalue weighted by Crippen LogP contribution is -2.13. The van der Waals surface area contributed by atoms with E-state index in [1.165, 1.54) is 0 Å². The van der Waals surface area contributed by atoms with Gasteiger partial charge in [-0.05, 0) is 31.7 Å². The first-order chi connectivity index (χ1) is 4.34. The number of hydrogen-bond acceptors (Lipinski definition) is 1. The van der Waals surface area contributed by atoms with Gasteiger partial charge in [-0.15, -0.1) is 0 Å². The third kappa shape index (κ3) is 1.65. The number of alkyl halides is 1. The van der Waals surface area contributed by atoms with Crippen LogP contribution in [-0.4, -0.2) is 12.7 Å². The molecule has 0 aliphatic heterocycles. The average molecular weight is 131 g/mol. The number of halogens is 1. The molecule has 0 bridgehead atoms. The minimum absolute atomic E-state index is 0.287. The lowest BCUT2D eigenvalue weighted by atomic mass is 10.0. The quantitative estimate of drug-likeness (QED) is 0.603. The first-order valence-corrected chi connectivity index (χ1v) is 3.68. The second-order valence-corrected chi connectivity index (χ2v) is 2.78. The van der Waals surface area contributed by atoms with Crippen LogP contribution in [0.25, 0.3) is 0 Å². The van der Waals surface area contributed by atoms with E-state index in [2.05, 4.69) is 0 Å². The molecule has 1 saturated carbocycles. The zero-order valence-electron chi connectivity index (χ0n) is 5.65. The summed E-state index contributed by atoms with van der Waals surface area (Å²) in [6.07, 6.45) is 3.21. The summed E-state index contributed by atoms with van der Waals surface area (Å²) in [5, 5.41) is 0. The SMILES string of the molecule is NCCC1CCCC1F. The topological polar surface area (TPSA) is 26.0 Å². The Kier molecular flexibility index (Phi) is 2.46. The maximum absolute atomic E-state index is 12.7. The van der Waals surface area contributed by atoms with Gasteiger partial charge in [0, 0.05) is 0 Å². The van der Waals surface area contributed by atoms with Gasteiger partial charge in [0.2, 0.25) is 0 Å². The summed E-state index contributed by atoms with van der Waals surface area (Å²) in [6.45, 7) is 0.644. The molecule has 0 aromatic rings. The summed E-state index contributed by atoms with van der Waals surface area (Å²) in [4.78, 5) is 0. The molecule has 0 saturated heterocycles. The molecule has 0 aromatic heterocycles. The van der Waals surface area contributed by atoms with Crippen molar-refractivity contribution in [1.82, 2.24) is 0 Å². The second-order valence-electron chi connectivity index (χ2n) is 2.78. The first kappa shape index (κ1) is 7.00. The Hall–Kier alpha value is -0.110. The molecule has 1 rings (SSSR count). The number of hydrogen-bond donors (Lipinski definition) is 1. The Labute approximate surface area is 55.4 Å². The third-order valence-electron chi connectivity index (χ3n) is 2.10. The molecule has 1 aliphatic rings. The van der Waals surface area contributed by atoms with E-state index in [1.807, 2.05) is 0 Å². The van der Waals surface area contributed by atoms with Crippen molar-refractivity contribution in [2.45, 2.75) is 31.9 Å². The van der Waals surface area contributed by atoms with E-state index in [-0.39, 0.29) is 5.92 Å². The summed E-state index contributed by atoms with van der Waals surface area (Å²) in [6, 6.07) is 0. The summed E-state index contributed by atoms with van der Waals surface area (Å²) < 4.78 is 12.7. The molecule has 54 valence electrons. The van der Waals surface area contributed by atoms with E-state index >= 15 is 0 Å². The molecular weight excluding hydrogens is 117 g/mol. The Morgan fingerprint density at radius 3 is 2.67 bits per heavy atom. The fraction of sp³-hybridized carbons (Fsp3) is 1.00. The first-order valence-electron chi connectivity index (χ1n) is 3.68. The maximum Gasteiger partial charge on any atom is 0.103 e. The molecule has 0 heterocycles. The van der Waals surface area contributed by atoms with Crippen molar-refractivity contribution in [3.8, 4) is 0 Å². The molecular formula is C7H14FN. The van der Waals surface area contributed by atoms with E-state index in [9.17, 15) is 4.39 Å². The van der Waals surface area contributed by atoms with Crippen LogP contribution < -0.4 is 5.73 Å². The molecule has 2 N–H and O–H groups in total. The normalized spacial score (nSPS) is 35.3. The zero-order valence-corrected chi connectivity index (χ0v) is 5.65. The third-order valence-corrected chi connectivity index (χ3v) is 2.10. The van der Waals surface area contributed by atoms with Gasteiger partial charge in [0.25, 0.3) is 0 Å². The fourth-order valence-electron chi connectivity index (χ4n) is 1.53. The van der Waals surface area contributed by atoms with Crippen LogP contribution >= 0.6 is 0 Å². The van der Waals surface area contributed by atoms with Gasteiger partial charge < -0.3 is 5.73 Å². The lowest BCUT2D eigenvalue weighted by molar-refractivity contribution is 0.254. The van der Waals surface area contributed by atoms with Crippen LogP contribution in [0, 0.1) is 5.92 Å². The van der Waals surface area contributed by atoms with Gasteiger partial charge in [-0.2, -0.15) is 0 Å². The molecule has 0 spiro atoms. The highest BCUT2D eigenvalue weighted by atomic mass is 19.1. The molecule has 1 fully saturated rings. The van der Waals surface area contributed by atoms with Crippen LogP contribution in [0.3, 0.4) is 0 Å². The maximum atomic E-state index is 12.7. The Bertz CT molecular complexity index is 85.0. The predicted molar refractivity (Wildman–Crippen MR) is 35.9 cm³/mol. The molecule has 1 nitrogen and oxygen atoms in total. The second kappa shape index (κ2) is 3.16. The van der Waals surface area contributed by atoms with Crippen LogP contribution in [0.5, 0.6) is 0 Å². The summed E-state index contributed by atoms with van der Waals surface area (Å²) in [5.41, 5.74) is 5.30. The molecule has 9 heavy (non-hydrogen) atoms. The van der Waals surface area contributed by atoms with Crippen molar-refractivity contribution in [3.05, 3.63) is 0 Å². The molecule has 0 aromatic carbocycles. The smallest absolute Gasteiger partial charge is 0.103 e. The average Bonchev–Trinajstić information content (AvgIpc) is 2.18. The van der Waals surface area contributed by atoms with Gasteiger partial charge in [0.1, 0.15) is 6.17 Å². The lowest BCUT2D eigenvalue weighted by Gasteiger charge is -2.09. The van der Waals surface area contributed by atoms with Crippen LogP contribution in [0.1, 0.15) is 25.7 Å². The van der Waals surface area contributed by atoms with Crippen molar-refractivity contribution in [1.29, 1.82) is 0 Å². The van der Waals surface area contributed by atoms with Crippen molar-refractivity contribution in [2.75, 3.05) is 6.54 Å². The van der Waals surface area contributed by atoms with Crippen molar-refractivity contribution >= 4 is 0 Å². The minimum atomic E-state index is -0.548. The highest BCUT2D eigenvalue weighted by Crippen LogP contribution is 2.30. The molecule has 1 aliphatic carbocycles. The van der Waals surface area contributed by atoms with Crippen LogP contribution in [0.2, 0.25) is 0 Å². The van der Waals surface area contributed by atoms with Gasteiger partial charge in [-0.3, -0.25) is 0 Å². The molecule has 2 atom stereocenters. The van der Waals surface area contributed by atoms with Crippen LogP contribution in [0.15, 0.2) is 0 Å². The van der Waals surface area contributed by atoms with Crippen LogP contribution in [-0.2, 0) is 0 Å². The Morgan fingerprint density at radius 1 is 1.44 bits per heavy atom. The van der Waals surface area contributed by atoms with E-state index < -0.39 is 6.17 Å². The Morgan fingerprint density at radius 2 is 2.22 bits per heavy atom. The Balaban J connectivity index is 2.22. The standard InChI is InChI=1S/C7H14FN/c8-7-3-1-2-6(7)4-5-9/h6-7H,1-5,9H2. The number of rotatable bonds is 2. The van der Waals surface area contributed by atoms with E-state index in [0.717, 1.165) is 25.7 Å². The molecule has 0 radical (unpaired) electrons. The highest BCUT2D eigenvalue weighted by molar-refractivity contribution is 4.76. The zero-order chi connectivity index (χ0) is 6.69. The van der Waals surface area contributed by atoms with Crippen molar-refractivity contribution in [2.24, 2.45) is 11.7 Å². The van der Waals surface area contributed by atoms with Crippen molar-refractivity contribution in [3.63, 3.8) is 0 Å². The summed E-state index contributed by atoms with van der Waals surface area (Å²) in [5.74, 6) is 0.287. The van der Waals surface area contributed by atoms with Crippen LogP contribution in [0.4, 0.5) is 4.39 Å². The summed E-state index contributed by atoms with van der Waals surface area (Å²) in [7, 11) is 0.